The van der Waals surface area contributed by atoms with E-state index in [1.165, 1.54) is 16.7 Å². The minimum Gasteiger partial charge on any atom is -1.00 e. The molecule has 0 amide bonds. The molecule has 0 N–H and O–H groups in total. The number of ether oxygens (including phenoxy) is 6. The van der Waals surface area contributed by atoms with E-state index in [1.54, 1.807) is 0 Å². The average Bonchev–Trinajstić information content (AvgIpc) is 2.97. The molecule has 0 saturated carbocycles. The first-order valence-electron chi connectivity index (χ1n) is 14.5. The van der Waals surface area contributed by atoms with Crippen molar-refractivity contribution in [3.8, 4) is 11.1 Å². The summed E-state index contributed by atoms with van der Waals surface area (Å²) in [6, 6.07) is 19.3. The summed E-state index contributed by atoms with van der Waals surface area (Å²) in [7, 11) is 0. The summed E-state index contributed by atoms with van der Waals surface area (Å²) >= 11 is 0. The van der Waals surface area contributed by atoms with E-state index < -0.39 is 0 Å². The molecule has 0 aromatic heterocycles. The first kappa shape index (κ1) is 40.3. The Labute approximate surface area is 305 Å². The summed E-state index contributed by atoms with van der Waals surface area (Å²) in [6.45, 7) is 11.9. The van der Waals surface area contributed by atoms with Crippen molar-refractivity contribution in [2.75, 3.05) is 112 Å². The first-order chi connectivity index (χ1) is 19.4. The minimum atomic E-state index is -0.0141. The van der Waals surface area contributed by atoms with Gasteiger partial charge in [0.1, 0.15) is 0 Å². The fourth-order valence-corrected chi connectivity index (χ4v) is 4.74. The van der Waals surface area contributed by atoms with Crippen LogP contribution < -0.4 is 24.8 Å². The van der Waals surface area contributed by atoms with E-state index in [4.69, 9.17) is 28.4 Å². The molecule has 2 bridgehead atoms. The van der Waals surface area contributed by atoms with E-state index in [9.17, 15) is 0 Å². The van der Waals surface area contributed by atoms with Gasteiger partial charge in [-0.25, -0.2) is 0 Å². The van der Waals surface area contributed by atoms with Crippen LogP contribution in [0.25, 0.3) is 11.1 Å². The average molecular weight is 766 g/mol. The number of benzene rings is 2. The first-order valence-corrected chi connectivity index (χ1v) is 14.5. The SMILES string of the molecule is [Cl-].[Cl-].[Eu+2].c1ccc(-c2ccc(CC3COCCN4CCOCCOCCN(CCOCCOCC4)CCO3)cc2)cc1. The third-order valence-corrected chi connectivity index (χ3v) is 7.09. The maximum absolute atomic E-state index is 6.43. The van der Waals surface area contributed by atoms with Crippen molar-refractivity contribution in [3.63, 3.8) is 0 Å². The van der Waals surface area contributed by atoms with Crippen molar-refractivity contribution in [3.05, 3.63) is 60.2 Å². The monoisotopic (exact) mass is 765 g/mol. The normalized spacial score (nSPS) is 24.1. The Morgan fingerprint density at radius 3 is 1.43 bits per heavy atom. The fraction of sp³-hybridized carbons (Fsp3) is 0.613. The van der Waals surface area contributed by atoms with E-state index in [-0.39, 0.29) is 80.3 Å². The Bertz CT molecular complexity index is 883. The summed E-state index contributed by atoms with van der Waals surface area (Å²) in [5, 5.41) is 0. The number of rotatable bonds is 3. The molecule has 3 saturated heterocycles. The molecule has 42 heavy (non-hydrogen) atoms. The summed E-state index contributed by atoms with van der Waals surface area (Å²) in [5.74, 6) is 0. The topological polar surface area (TPSA) is 61.9 Å². The predicted octanol–water partition coefficient (Wildman–Crippen LogP) is -3.00. The smallest absolute Gasteiger partial charge is 1.00 e. The molecule has 1 atom stereocenters. The van der Waals surface area contributed by atoms with Gasteiger partial charge in [-0.05, 0) is 16.7 Å². The molecule has 3 aliphatic heterocycles. The molecule has 8 nitrogen and oxygen atoms in total. The van der Waals surface area contributed by atoms with Crippen LogP contribution in [-0.2, 0) is 34.8 Å². The molecule has 237 valence electrons. The van der Waals surface area contributed by atoms with E-state index in [0.717, 1.165) is 45.7 Å². The molecular weight excluding hydrogens is 719 g/mol. The second-order valence-electron chi connectivity index (χ2n) is 9.97. The summed E-state index contributed by atoms with van der Waals surface area (Å²) in [4.78, 5) is 4.68. The summed E-state index contributed by atoms with van der Waals surface area (Å²) in [6.07, 6.45) is 0.798. The van der Waals surface area contributed by atoms with Crippen molar-refractivity contribution in [1.29, 1.82) is 0 Å². The molecule has 11 heteroatoms. The van der Waals surface area contributed by atoms with Gasteiger partial charge >= 0.3 is 49.4 Å². The van der Waals surface area contributed by atoms with Crippen LogP contribution >= 0.6 is 0 Å². The van der Waals surface area contributed by atoms with Gasteiger partial charge in [0.05, 0.1) is 78.8 Å². The molecule has 3 fully saturated rings. The second-order valence-corrected chi connectivity index (χ2v) is 9.97. The van der Waals surface area contributed by atoms with Crippen LogP contribution in [0, 0.1) is 49.4 Å². The minimum absolute atomic E-state index is 0. The van der Waals surface area contributed by atoms with Gasteiger partial charge in [0, 0.05) is 45.7 Å². The van der Waals surface area contributed by atoms with Crippen molar-refractivity contribution in [2.24, 2.45) is 0 Å². The molecule has 2 aromatic carbocycles. The van der Waals surface area contributed by atoms with Crippen molar-refractivity contribution in [1.82, 2.24) is 9.80 Å². The summed E-state index contributed by atoms with van der Waals surface area (Å²) < 4.78 is 35.9. The third kappa shape index (κ3) is 16.6. The zero-order valence-corrected chi connectivity index (χ0v) is 28.4. The number of hydrogen-bond acceptors (Lipinski definition) is 8. The van der Waals surface area contributed by atoms with Crippen LogP contribution in [0.3, 0.4) is 0 Å². The Hall–Kier alpha value is 0.284. The van der Waals surface area contributed by atoms with Crippen LogP contribution in [-0.4, -0.2) is 128 Å². The molecule has 1 radical (unpaired) electrons. The van der Waals surface area contributed by atoms with Crippen molar-refractivity contribution < 1.29 is 103 Å². The molecular formula is C31H46Cl2EuN2O6. The van der Waals surface area contributed by atoms with Crippen LogP contribution in [0.5, 0.6) is 0 Å². The maximum atomic E-state index is 6.43. The second kappa shape index (κ2) is 25.5. The quantitative estimate of drug-likeness (QED) is 0.329. The molecule has 0 aliphatic carbocycles. The van der Waals surface area contributed by atoms with E-state index in [0.29, 0.717) is 72.7 Å². The van der Waals surface area contributed by atoms with Crippen LogP contribution in [0.1, 0.15) is 5.56 Å². The van der Waals surface area contributed by atoms with E-state index in [1.807, 2.05) is 6.07 Å². The van der Waals surface area contributed by atoms with Gasteiger partial charge in [0.25, 0.3) is 0 Å². The standard InChI is InChI=1S/C31H46N2O6.2ClH.Eu/c1-2-4-29(5-3-1)30-8-6-28(7-9-30)26-31-27-38-20-14-32-10-16-34-22-24-36-18-12-33(15-21-39-31)13-19-37-25-23-35-17-11-32;;;/h1-9,31H,10-27H2;2*1H;/q;;;+2/p-2. The van der Waals surface area contributed by atoms with Gasteiger partial charge in [0.2, 0.25) is 0 Å². The molecule has 3 aliphatic rings. The van der Waals surface area contributed by atoms with Gasteiger partial charge in [-0.2, -0.15) is 0 Å². The predicted molar refractivity (Wildman–Crippen MR) is 152 cm³/mol. The van der Waals surface area contributed by atoms with Gasteiger partial charge in [-0.1, -0.05) is 54.6 Å². The van der Waals surface area contributed by atoms with E-state index in [2.05, 4.69) is 58.3 Å². The number of nitrogens with zero attached hydrogens (tertiary/aromatic N) is 2. The number of fused-ring (bicyclic) bond motifs is 21. The van der Waals surface area contributed by atoms with Gasteiger partial charge in [-0.15, -0.1) is 0 Å². The zero-order valence-electron chi connectivity index (χ0n) is 24.5. The summed E-state index contributed by atoms with van der Waals surface area (Å²) in [5.41, 5.74) is 3.71. The van der Waals surface area contributed by atoms with Gasteiger partial charge in [-0.3, -0.25) is 9.80 Å². The van der Waals surface area contributed by atoms with Gasteiger partial charge in [0.15, 0.2) is 0 Å². The third-order valence-electron chi connectivity index (χ3n) is 7.09. The van der Waals surface area contributed by atoms with Crippen molar-refractivity contribution >= 4 is 0 Å². The van der Waals surface area contributed by atoms with Crippen LogP contribution in [0.2, 0.25) is 0 Å². The van der Waals surface area contributed by atoms with Gasteiger partial charge < -0.3 is 53.2 Å². The maximum Gasteiger partial charge on any atom is 2.00 e. The number of halogens is 2. The van der Waals surface area contributed by atoms with Crippen LogP contribution in [0.15, 0.2) is 54.6 Å². The van der Waals surface area contributed by atoms with Crippen LogP contribution in [0.4, 0.5) is 0 Å². The fourth-order valence-electron chi connectivity index (χ4n) is 4.74. The zero-order chi connectivity index (χ0) is 26.8. The Kier molecular flexibility index (Phi) is 24.4. The molecule has 1 unspecified atom stereocenters. The molecule has 3 heterocycles. The molecule has 0 spiro atoms. The Balaban J connectivity index is 0.00000294. The van der Waals surface area contributed by atoms with E-state index >= 15 is 0 Å². The Morgan fingerprint density at radius 2 is 0.929 bits per heavy atom. The Morgan fingerprint density at radius 1 is 0.500 bits per heavy atom. The largest absolute Gasteiger partial charge is 2.00 e. The molecule has 5 rings (SSSR count). The number of hydrogen-bond donors (Lipinski definition) is 0. The van der Waals surface area contributed by atoms with Crippen molar-refractivity contribution in [2.45, 2.75) is 12.5 Å². The molecule has 2 aromatic rings.